The maximum absolute atomic E-state index is 10.8. The fourth-order valence-corrected chi connectivity index (χ4v) is 2.76. The van der Waals surface area contributed by atoms with Crippen molar-refractivity contribution >= 4 is 23.5 Å². The standard InChI is InChI=1S/C13H15N3O.C7H11NO.CH4O/c1-8-7-16-13(15)10(8)6-11(14)9-4-2-3-5-12(9)17;1-2-7(9)8-5-3-4-6-8;1-2/h2-7,16-17H,14-15H2,1H3;2H,1,3-6H2;2H,1H3/b11-6-;;. The minimum Gasteiger partial charge on any atom is -0.507 e. The van der Waals surface area contributed by atoms with E-state index < -0.39 is 0 Å². The topological polar surface area (TPSA) is 129 Å². The van der Waals surface area contributed by atoms with Gasteiger partial charge in [-0.3, -0.25) is 4.79 Å². The van der Waals surface area contributed by atoms with Crippen LogP contribution in [0.25, 0.3) is 11.8 Å². The Balaban J connectivity index is 0.000000301. The van der Waals surface area contributed by atoms with E-state index in [4.69, 9.17) is 16.6 Å². The summed E-state index contributed by atoms with van der Waals surface area (Å²) in [5, 5.41) is 16.7. The van der Waals surface area contributed by atoms with Crippen molar-refractivity contribution < 1.29 is 15.0 Å². The quantitative estimate of drug-likeness (QED) is 0.518. The highest BCUT2D eigenvalue weighted by Gasteiger charge is 2.14. The number of aliphatic hydroxyl groups excluding tert-OH is 1. The van der Waals surface area contributed by atoms with E-state index in [2.05, 4.69) is 11.6 Å². The number of carbonyl (C=O) groups is 1. The van der Waals surface area contributed by atoms with Gasteiger partial charge in [0, 0.05) is 43.2 Å². The van der Waals surface area contributed by atoms with Crippen LogP contribution in [0.15, 0.2) is 43.1 Å². The first-order valence-electron chi connectivity index (χ1n) is 8.99. The number of hydrogen-bond donors (Lipinski definition) is 5. The Morgan fingerprint density at radius 3 is 2.36 bits per heavy atom. The van der Waals surface area contributed by atoms with Gasteiger partial charge in [0.15, 0.2) is 0 Å². The average molecular weight is 386 g/mol. The predicted molar refractivity (Wildman–Crippen MR) is 114 cm³/mol. The van der Waals surface area contributed by atoms with Crippen molar-refractivity contribution in [3.05, 3.63) is 59.8 Å². The Morgan fingerprint density at radius 2 is 1.86 bits per heavy atom. The van der Waals surface area contributed by atoms with Crippen LogP contribution < -0.4 is 11.5 Å². The van der Waals surface area contributed by atoms with Gasteiger partial charge in [-0.15, -0.1) is 0 Å². The molecule has 1 aromatic heterocycles. The zero-order valence-electron chi connectivity index (χ0n) is 16.5. The van der Waals surface area contributed by atoms with Crippen molar-refractivity contribution in [2.75, 3.05) is 25.9 Å². The molecule has 7 nitrogen and oxygen atoms in total. The van der Waals surface area contributed by atoms with Crippen LogP contribution in [0.3, 0.4) is 0 Å². The highest BCUT2D eigenvalue weighted by atomic mass is 16.3. The molecule has 7 heteroatoms. The van der Waals surface area contributed by atoms with Gasteiger partial charge in [-0.25, -0.2) is 0 Å². The Bertz CT molecular complexity index is 786. The molecule has 1 aromatic carbocycles. The number of phenolic OH excluding ortho intramolecular Hbond substituents is 1. The number of anilines is 1. The lowest BCUT2D eigenvalue weighted by molar-refractivity contribution is -0.124. The van der Waals surface area contributed by atoms with E-state index >= 15 is 0 Å². The number of aromatic nitrogens is 1. The SMILES string of the molecule is C=CC(=O)N1CCCC1.CO.Cc1c[nH]c(N)c1/C=C(\N)c1ccccc1O. The van der Waals surface area contributed by atoms with Crippen LogP contribution in [0.1, 0.15) is 29.5 Å². The molecule has 1 amide bonds. The number of aromatic hydroxyl groups is 1. The van der Waals surface area contributed by atoms with Gasteiger partial charge in [0.25, 0.3) is 0 Å². The lowest BCUT2D eigenvalue weighted by atomic mass is 10.1. The number of H-pyrrole nitrogens is 1. The summed E-state index contributed by atoms with van der Waals surface area (Å²) in [6, 6.07) is 6.94. The van der Waals surface area contributed by atoms with Crippen molar-refractivity contribution in [1.29, 1.82) is 0 Å². The van der Waals surface area contributed by atoms with Gasteiger partial charge in [0.1, 0.15) is 11.6 Å². The largest absolute Gasteiger partial charge is 0.507 e. The van der Waals surface area contributed by atoms with Gasteiger partial charge in [0.2, 0.25) is 5.91 Å². The number of nitrogen functional groups attached to an aromatic ring is 1. The number of nitrogens with one attached hydrogen (secondary N) is 1. The van der Waals surface area contributed by atoms with Gasteiger partial charge in [-0.2, -0.15) is 0 Å². The molecule has 0 unspecified atom stereocenters. The van der Waals surface area contributed by atoms with Crippen molar-refractivity contribution in [3.8, 4) is 5.75 Å². The minimum absolute atomic E-state index is 0.0764. The molecule has 1 saturated heterocycles. The van der Waals surface area contributed by atoms with Crippen molar-refractivity contribution in [3.63, 3.8) is 0 Å². The van der Waals surface area contributed by atoms with Crippen LogP contribution in [0.2, 0.25) is 0 Å². The Labute approximate surface area is 166 Å². The van der Waals surface area contributed by atoms with Crippen LogP contribution >= 0.6 is 0 Å². The predicted octanol–water partition coefficient (Wildman–Crippen LogP) is 2.47. The molecule has 0 aliphatic carbocycles. The minimum atomic E-state index is 0.0764. The average Bonchev–Trinajstić information content (AvgIpc) is 3.36. The second-order valence-electron chi connectivity index (χ2n) is 6.15. The molecule has 2 aromatic rings. The fourth-order valence-electron chi connectivity index (χ4n) is 2.76. The molecule has 3 rings (SSSR count). The van der Waals surface area contributed by atoms with Crippen molar-refractivity contribution in [2.45, 2.75) is 19.8 Å². The number of carbonyl (C=O) groups excluding carboxylic acids is 1. The number of benzene rings is 1. The van der Waals surface area contributed by atoms with E-state index in [0.29, 0.717) is 17.1 Å². The first kappa shape index (κ1) is 22.9. The first-order valence-corrected chi connectivity index (χ1v) is 8.99. The maximum atomic E-state index is 10.8. The van der Waals surface area contributed by atoms with E-state index in [1.807, 2.05) is 24.1 Å². The molecule has 0 saturated carbocycles. The number of para-hydroxylation sites is 1. The zero-order valence-corrected chi connectivity index (χ0v) is 16.5. The Hall–Kier alpha value is -3.19. The first-order chi connectivity index (χ1) is 13.4. The number of aromatic amines is 1. The maximum Gasteiger partial charge on any atom is 0.245 e. The van der Waals surface area contributed by atoms with Crippen LogP contribution in [0, 0.1) is 6.92 Å². The second kappa shape index (κ2) is 11.5. The van der Waals surface area contributed by atoms with Gasteiger partial charge >= 0.3 is 0 Å². The molecule has 0 radical (unpaired) electrons. The molecule has 1 aliphatic heterocycles. The third-order valence-corrected chi connectivity index (χ3v) is 4.27. The third-order valence-electron chi connectivity index (χ3n) is 4.27. The summed E-state index contributed by atoms with van der Waals surface area (Å²) in [6.45, 7) is 7.20. The summed E-state index contributed by atoms with van der Waals surface area (Å²) < 4.78 is 0. The van der Waals surface area contributed by atoms with E-state index in [1.165, 1.54) is 6.08 Å². The van der Waals surface area contributed by atoms with Crippen LogP contribution in [-0.2, 0) is 4.79 Å². The Morgan fingerprint density at radius 1 is 1.25 bits per heavy atom. The smallest absolute Gasteiger partial charge is 0.245 e. The molecule has 2 heterocycles. The molecule has 1 fully saturated rings. The summed E-state index contributed by atoms with van der Waals surface area (Å²) in [5.41, 5.74) is 14.7. The molecule has 0 atom stereocenters. The molecule has 28 heavy (non-hydrogen) atoms. The number of phenols is 1. The highest BCUT2D eigenvalue weighted by molar-refractivity contribution is 5.87. The number of rotatable bonds is 3. The summed E-state index contributed by atoms with van der Waals surface area (Å²) in [7, 11) is 1.00. The number of nitrogens with zero attached hydrogens (tertiary/aromatic N) is 1. The molecule has 1 aliphatic rings. The number of aryl methyl sites for hydroxylation is 1. The highest BCUT2D eigenvalue weighted by Crippen LogP contribution is 2.25. The van der Waals surface area contributed by atoms with Gasteiger partial charge in [-0.05, 0) is 49.6 Å². The number of nitrogens with two attached hydrogens (primary N) is 2. The second-order valence-corrected chi connectivity index (χ2v) is 6.15. The lowest BCUT2D eigenvalue weighted by Gasteiger charge is -2.10. The summed E-state index contributed by atoms with van der Waals surface area (Å²) >= 11 is 0. The molecule has 152 valence electrons. The third kappa shape index (κ3) is 6.21. The van der Waals surface area contributed by atoms with Crippen molar-refractivity contribution in [2.24, 2.45) is 5.73 Å². The van der Waals surface area contributed by atoms with E-state index in [9.17, 15) is 9.90 Å². The fraction of sp³-hybridized carbons (Fsp3) is 0.286. The van der Waals surface area contributed by atoms with E-state index in [0.717, 1.165) is 44.2 Å². The monoisotopic (exact) mass is 386 g/mol. The van der Waals surface area contributed by atoms with Crippen LogP contribution in [0.5, 0.6) is 5.75 Å². The summed E-state index contributed by atoms with van der Waals surface area (Å²) in [5.74, 6) is 0.807. The number of hydrogen-bond acceptors (Lipinski definition) is 5. The molecular weight excluding hydrogens is 356 g/mol. The van der Waals surface area contributed by atoms with Gasteiger partial charge in [0.05, 0.1) is 0 Å². The summed E-state index contributed by atoms with van der Waals surface area (Å²) in [4.78, 5) is 15.6. The normalized spacial score (nSPS) is 13.1. The molecule has 0 bridgehead atoms. The van der Waals surface area contributed by atoms with E-state index in [1.54, 1.807) is 24.3 Å². The zero-order chi connectivity index (χ0) is 21.1. The molecule has 7 N–H and O–H groups in total. The van der Waals surface area contributed by atoms with Crippen molar-refractivity contribution in [1.82, 2.24) is 9.88 Å². The Kier molecular flexibility index (Phi) is 9.39. The lowest BCUT2D eigenvalue weighted by Crippen LogP contribution is -2.25. The van der Waals surface area contributed by atoms with Crippen LogP contribution in [-0.4, -0.2) is 46.2 Å². The van der Waals surface area contributed by atoms with Crippen LogP contribution in [0.4, 0.5) is 5.82 Å². The molecular formula is C21H30N4O3. The molecule has 0 spiro atoms. The number of aliphatic hydroxyl groups is 1. The number of amides is 1. The van der Waals surface area contributed by atoms with Gasteiger partial charge < -0.3 is 31.6 Å². The van der Waals surface area contributed by atoms with E-state index in [-0.39, 0.29) is 11.7 Å². The number of likely N-dealkylation sites (tertiary alicyclic amines) is 1. The van der Waals surface area contributed by atoms with Gasteiger partial charge in [-0.1, -0.05) is 18.7 Å². The summed E-state index contributed by atoms with van der Waals surface area (Å²) in [6.07, 6.45) is 7.26.